The number of hydrogen-bond donors (Lipinski definition) is 0. The summed E-state index contributed by atoms with van der Waals surface area (Å²) in [5.41, 5.74) is 0.494. The van der Waals surface area contributed by atoms with Gasteiger partial charge < -0.3 is 0 Å². The fourth-order valence-corrected chi connectivity index (χ4v) is 2.21. The van der Waals surface area contributed by atoms with Crippen molar-refractivity contribution in [2.75, 3.05) is 13.1 Å². The number of terminal acetylenes is 1. The zero-order valence-electron chi connectivity index (χ0n) is 8.84. The number of likely N-dealkylation sites (tertiary alicyclic amines) is 1. The van der Waals surface area contributed by atoms with E-state index in [4.69, 9.17) is 6.42 Å². The Bertz CT molecular complexity index is 193. The summed E-state index contributed by atoms with van der Waals surface area (Å²) in [6, 6.07) is 0.716. The summed E-state index contributed by atoms with van der Waals surface area (Å²) < 4.78 is 0. The van der Waals surface area contributed by atoms with Crippen LogP contribution in [0, 0.1) is 17.8 Å². The largest absolute Gasteiger partial charge is 0.299 e. The molecule has 0 spiro atoms. The molecule has 0 radical (unpaired) electrons. The van der Waals surface area contributed by atoms with E-state index in [1.54, 1.807) is 0 Å². The monoisotopic (exact) mass is 201 g/mol. The van der Waals surface area contributed by atoms with Crippen LogP contribution in [0.15, 0.2) is 0 Å². The van der Waals surface area contributed by atoms with Gasteiger partial charge in [0, 0.05) is 25.6 Å². The Labute approximate surface area is 88.3 Å². The third kappa shape index (κ3) is 3.58. The lowest BCUT2D eigenvalue weighted by Crippen LogP contribution is -2.28. The Morgan fingerprint density at radius 1 is 1.54 bits per heavy atom. The maximum atomic E-state index is 5.24. The second-order valence-corrected chi connectivity index (χ2v) is 4.64. The third-order valence-electron chi connectivity index (χ3n) is 2.65. The normalized spacial score (nSPS) is 26.5. The van der Waals surface area contributed by atoms with Crippen LogP contribution < -0.4 is 0 Å². The number of hydrogen-bond acceptors (Lipinski definition) is 1. The Kier molecular flexibility index (Phi) is 4.81. The molecule has 1 nitrogen and oxygen atoms in total. The molecule has 0 aliphatic carbocycles. The lowest BCUT2D eigenvalue weighted by Gasteiger charge is -2.20. The predicted molar refractivity (Wildman–Crippen MR) is 60.1 cm³/mol. The van der Waals surface area contributed by atoms with Gasteiger partial charge >= 0.3 is 0 Å². The molecule has 0 aromatic heterocycles. The molecular weight excluding hydrogens is 182 g/mol. The molecule has 0 saturated carbocycles. The molecule has 1 aliphatic rings. The molecule has 1 fully saturated rings. The predicted octanol–water partition coefficient (Wildman–Crippen LogP) is 2.55. The van der Waals surface area contributed by atoms with Crippen LogP contribution in [0.1, 0.15) is 33.6 Å². The molecule has 76 valence electrons. The molecule has 13 heavy (non-hydrogen) atoms. The van der Waals surface area contributed by atoms with Crippen molar-refractivity contribution in [1.29, 1.82) is 0 Å². The minimum Gasteiger partial charge on any atom is -0.299 e. The van der Waals surface area contributed by atoms with Gasteiger partial charge in [0.05, 0.1) is 0 Å². The summed E-state index contributed by atoms with van der Waals surface area (Å²) in [7, 11) is 0. The Morgan fingerprint density at radius 2 is 2.15 bits per heavy atom. The molecule has 0 amide bonds. The van der Waals surface area contributed by atoms with Crippen molar-refractivity contribution >= 4 is 12.4 Å². The van der Waals surface area contributed by atoms with E-state index in [2.05, 4.69) is 31.6 Å². The van der Waals surface area contributed by atoms with E-state index in [9.17, 15) is 0 Å². The lowest BCUT2D eigenvalue weighted by molar-refractivity contribution is 0.259. The van der Waals surface area contributed by atoms with Crippen molar-refractivity contribution in [2.45, 2.75) is 39.7 Å². The number of nitrogens with zero attached hydrogens (tertiary/aromatic N) is 1. The van der Waals surface area contributed by atoms with Gasteiger partial charge in [-0.15, -0.1) is 24.8 Å². The highest BCUT2D eigenvalue weighted by molar-refractivity contribution is 5.85. The van der Waals surface area contributed by atoms with Gasteiger partial charge in [0.25, 0.3) is 0 Å². The van der Waals surface area contributed by atoms with E-state index >= 15 is 0 Å². The zero-order valence-corrected chi connectivity index (χ0v) is 9.66. The quantitative estimate of drug-likeness (QED) is 0.621. The summed E-state index contributed by atoms with van der Waals surface area (Å²) in [6.07, 6.45) is 7.44. The summed E-state index contributed by atoms with van der Waals surface area (Å²) in [6.45, 7) is 9.24. The SMILES string of the molecule is C#CCCN1CC(C)(C)CC1C.Cl. The van der Waals surface area contributed by atoms with Crippen LogP contribution in [0.3, 0.4) is 0 Å². The van der Waals surface area contributed by atoms with E-state index in [-0.39, 0.29) is 12.4 Å². The number of rotatable bonds is 2. The Morgan fingerprint density at radius 3 is 2.54 bits per heavy atom. The molecule has 0 N–H and O–H groups in total. The van der Waals surface area contributed by atoms with Gasteiger partial charge in [-0.25, -0.2) is 0 Å². The average Bonchev–Trinajstić information content (AvgIpc) is 2.20. The molecule has 1 atom stereocenters. The van der Waals surface area contributed by atoms with Crippen LogP contribution in [-0.2, 0) is 0 Å². The maximum Gasteiger partial charge on any atom is 0.0214 e. The van der Waals surface area contributed by atoms with Crippen LogP contribution in [0.4, 0.5) is 0 Å². The third-order valence-corrected chi connectivity index (χ3v) is 2.65. The van der Waals surface area contributed by atoms with Gasteiger partial charge in [-0.05, 0) is 18.8 Å². The molecule has 0 aromatic carbocycles. The van der Waals surface area contributed by atoms with Crippen LogP contribution in [0.2, 0.25) is 0 Å². The fourth-order valence-electron chi connectivity index (χ4n) is 2.21. The minimum absolute atomic E-state index is 0. The van der Waals surface area contributed by atoms with Crippen molar-refractivity contribution in [3.63, 3.8) is 0 Å². The summed E-state index contributed by atoms with van der Waals surface area (Å²) >= 11 is 0. The average molecular weight is 202 g/mol. The van der Waals surface area contributed by atoms with Crippen LogP contribution >= 0.6 is 12.4 Å². The minimum atomic E-state index is 0. The highest BCUT2D eigenvalue weighted by Crippen LogP contribution is 2.33. The van der Waals surface area contributed by atoms with E-state index in [1.165, 1.54) is 13.0 Å². The Balaban J connectivity index is 0.00000144. The smallest absolute Gasteiger partial charge is 0.0214 e. The molecule has 2 heteroatoms. The molecule has 1 aliphatic heterocycles. The van der Waals surface area contributed by atoms with Gasteiger partial charge in [-0.3, -0.25) is 4.90 Å². The molecule has 1 saturated heterocycles. The van der Waals surface area contributed by atoms with E-state index in [1.807, 2.05) is 0 Å². The first kappa shape index (κ1) is 12.8. The second kappa shape index (κ2) is 4.88. The first-order valence-corrected chi connectivity index (χ1v) is 4.73. The summed E-state index contributed by atoms with van der Waals surface area (Å²) in [5, 5.41) is 0. The molecule has 1 heterocycles. The van der Waals surface area contributed by atoms with Gasteiger partial charge in [0.1, 0.15) is 0 Å². The van der Waals surface area contributed by atoms with Crippen molar-refractivity contribution < 1.29 is 0 Å². The molecule has 1 rings (SSSR count). The van der Waals surface area contributed by atoms with Crippen molar-refractivity contribution in [3.8, 4) is 12.3 Å². The number of halogens is 1. The highest BCUT2D eigenvalue weighted by atomic mass is 35.5. The first-order chi connectivity index (χ1) is 5.55. The highest BCUT2D eigenvalue weighted by Gasteiger charge is 2.33. The molecule has 0 aromatic rings. The van der Waals surface area contributed by atoms with Gasteiger partial charge in [0.2, 0.25) is 0 Å². The molecule has 0 bridgehead atoms. The fraction of sp³-hybridized carbons (Fsp3) is 0.818. The van der Waals surface area contributed by atoms with Gasteiger partial charge in [0.15, 0.2) is 0 Å². The van der Waals surface area contributed by atoms with Crippen LogP contribution in [-0.4, -0.2) is 24.0 Å². The van der Waals surface area contributed by atoms with Crippen molar-refractivity contribution in [1.82, 2.24) is 4.90 Å². The van der Waals surface area contributed by atoms with E-state index in [0.29, 0.717) is 11.5 Å². The van der Waals surface area contributed by atoms with Gasteiger partial charge in [-0.2, -0.15) is 0 Å². The van der Waals surface area contributed by atoms with E-state index in [0.717, 1.165) is 13.0 Å². The van der Waals surface area contributed by atoms with Crippen LogP contribution in [0.25, 0.3) is 0 Å². The van der Waals surface area contributed by atoms with E-state index < -0.39 is 0 Å². The Hall–Kier alpha value is -0.190. The standard InChI is InChI=1S/C11H19N.ClH/c1-5-6-7-12-9-11(3,4)8-10(12)2;/h1,10H,6-9H2,2-4H3;1H. The van der Waals surface area contributed by atoms with Crippen molar-refractivity contribution in [2.24, 2.45) is 5.41 Å². The topological polar surface area (TPSA) is 3.24 Å². The lowest BCUT2D eigenvalue weighted by atomic mass is 9.91. The summed E-state index contributed by atoms with van der Waals surface area (Å²) in [4.78, 5) is 2.50. The molecular formula is C11H20ClN. The van der Waals surface area contributed by atoms with Crippen molar-refractivity contribution in [3.05, 3.63) is 0 Å². The van der Waals surface area contributed by atoms with Gasteiger partial charge in [-0.1, -0.05) is 13.8 Å². The summed E-state index contributed by atoms with van der Waals surface area (Å²) in [5.74, 6) is 2.70. The first-order valence-electron chi connectivity index (χ1n) is 4.73. The zero-order chi connectivity index (χ0) is 9.19. The maximum absolute atomic E-state index is 5.24. The molecule has 1 unspecified atom stereocenters. The second-order valence-electron chi connectivity index (χ2n) is 4.64. The van der Waals surface area contributed by atoms with Crippen LogP contribution in [0.5, 0.6) is 0 Å².